The van der Waals surface area contributed by atoms with E-state index in [1.165, 1.54) is 19.4 Å². The SMILES string of the molecule is CC(NC(=O)C(Cc1cnc[nH]1)NC(=O)C(N)CCCCN)C(=O)NC(CO)C(=O)O. The van der Waals surface area contributed by atoms with E-state index in [4.69, 9.17) is 21.7 Å². The number of aliphatic hydroxyl groups excluding tert-OH is 1. The highest BCUT2D eigenvalue weighted by atomic mass is 16.4. The number of H-pyrrole nitrogens is 1. The first kappa shape index (κ1) is 26.0. The zero-order chi connectivity index (χ0) is 23.4. The van der Waals surface area contributed by atoms with Gasteiger partial charge in [-0.15, -0.1) is 0 Å². The number of hydrogen-bond acceptors (Lipinski definition) is 8. The lowest BCUT2D eigenvalue weighted by atomic mass is 10.1. The molecule has 31 heavy (non-hydrogen) atoms. The standard InChI is InChI=1S/C18H31N7O6/c1-10(15(27)25-14(8-26)18(30)31)23-17(29)13(6-11-7-21-9-22-11)24-16(28)12(20)4-2-3-5-19/h7,9-10,12-14,26H,2-6,8,19-20H2,1H3,(H,21,22)(H,23,29)(H,24,28)(H,25,27)(H,30,31). The number of rotatable bonds is 14. The molecule has 0 radical (unpaired) electrons. The van der Waals surface area contributed by atoms with Crippen molar-refractivity contribution in [1.29, 1.82) is 0 Å². The number of unbranched alkanes of at least 4 members (excludes halogenated alkanes) is 1. The minimum atomic E-state index is -1.50. The van der Waals surface area contributed by atoms with Gasteiger partial charge in [0.1, 0.15) is 18.1 Å². The van der Waals surface area contributed by atoms with Crippen LogP contribution in [0.4, 0.5) is 0 Å². The van der Waals surface area contributed by atoms with Crippen molar-refractivity contribution < 1.29 is 29.4 Å². The van der Waals surface area contributed by atoms with Gasteiger partial charge in [-0.2, -0.15) is 0 Å². The van der Waals surface area contributed by atoms with Crippen LogP contribution >= 0.6 is 0 Å². The number of aliphatic carboxylic acids is 1. The highest BCUT2D eigenvalue weighted by Crippen LogP contribution is 2.03. The van der Waals surface area contributed by atoms with Gasteiger partial charge >= 0.3 is 5.97 Å². The highest BCUT2D eigenvalue weighted by Gasteiger charge is 2.28. The van der Waals surface area contributed by atoms with Crippen molar-refractivity contribution in [3.05, 3.63) is 18.2 Å². The predicted molar refractivity (Wildman–Crippen MR) is 109 cm³/mol. The van der Waals surface area contributed by atoms with Gasteiger partial charge in [-0.25, -0.2) is 9.78 Å². The lowest BCUT2D eigenvalue weighted by Crippen LogP contribution is -2.57. The summed E-state index contributed by atoms with van der Waals surface area (Å²) < 4.78 is 0. The van der Waals surface area contributed by atoms with E-state index < -0.39 is 54.5 Å². The predicted octanol–water partition coefficient (Wildman–Crippen LogP) is -3.04. The summed E-state index contributed by atoms with van der Waals surface area (Å²) in [6, 6.07) is -4.51. The van der Waals surface area contributed by atoms with Crippen LogP contribution < -0.4 is 27.4 Å². The maximum Gasteiger partial charge on any atom is 0.328 e. The van der Waals surface area contributed by atoms with Crippen LogP contribution in [0.15, 0.2) is 12.5 Å². The Morgan fingerprint density at radius 2 is 1.77 bits per heavy atom. The van der Waals surface area contributed by atoms with Crippen molar-refractivity contribution in [3.63, 3.8) is 0 Å². The molecule has 0 spiro atoms. The molecule has 13 heteroatoms. The van der Waals surface area contributed by atoms with E-state index >= 15 is 0 Å². The van der Waals surface area contributed by atoms with Crippen molar-refractivity contribution >= 4 is 23.7 Å². The summed E-state index contributed by atoms with van der Waals surface area (Å²) in [5.74, 6) is -3.42. The van der Waals surface area contributed by atoms with E-state index in [0.717, 1.165) is 6.42 Å². The zero-order valence-corrected chi connectivity index (χ0v) is 17.3. The van der Waals surface area contributed by atoms with E-state index in [-0.39, 0.29) is 6.42 Å². The molecule has 1 aromatic rings. The average molecular weight is 441 g/mol. The summed E-state index contributed by atoms with van der Waals surface area (Å²) in [4.78, 5) is 54.9. The fourth-order valence-corrected chi connectivity index (χ4v) is 2.61. The van der Waals surface area contributed by atoms with Gasteiger partial charge in [0.2, 0.25) is 17.7 Å². The number of carbonyl (C=O) groups excluding carboxylic acids is 3. The average Bonchev–Trinajstić information content (AvgIpc) is 3.24. The summed E-state index contributed by atoms with van der Waals surface area (Å²) in [6.07, 6.45) is 4.75. The second-order valence-corrected chi connectivity index (χ2v) is 7.05. The molecule has 3 amide bonds. The third kappa shape index (κ3) is 9.11. The van der Waals surface area contributed by atoms with Gasteiger partial charge in [-0.3, -0.25) is 14.4 Å². The van der Waals surface area contributed by atoms with Gasteiger partial charge in [0.15, 0.2) is 0 Å². The second-order valence-electron chi connectivity index (χ2n) is 7.05. The van der Waals surface area contributed by atoms with Crippen molar-refractivity contribution in [2.45, 2.75) is 56.8 Å². The molecule has 174 valence electrons. The molecule has 0 saturated carbocycles. The topological polar surface area (TPSA) is 226 Å². The van der Waals surface area contributed by atoms with Crippen LogP contribution in [-0.2, 0) is 25.6 Å². The molecule has 13 nitrogen and oxygen atoms in total. The Labute approximate surface area is 179 Å². The Kier molecular flexibility index (Phi) is 11.2. The van der Waals surface area contributed by atoms with Crippen LogP contribution in [0.1, 0.15) is 31.9 Å². The number of hydrogen-bond donors (Lipinski definition) is 8. The van der Waals surface area contributed by atoms with Gasteiger partial charge in [0, 0.05) is 18.3 Å². The van der Waals surface area contributed by atoms with Crippen LogP contribution in [0.25, 0.3) is 0 Å². The fourth-order valence-electron chi connectivity index (χ4n) is 2.61. The molecule has 0 aliphatic rings. The lowest BCUT2D eigenvalue weighted by Gasteiger charge is -2.23. The number of aromatic nitrogens is 2. The number of carbonyl (C=O) groups is 4. The Morgan fingerprint density at radius 1 is 1.10 bits per heavy atom. The third-order valence-corrected chi connectivity index (χ3v) is 4.47. The molecule has 1 aromatic heterocycles. The number of nitrogens with one attached hydrogen (secondary N) is 4. The van der Waals surface area contributed by atoms with Crippen LogP contribution in [0.2, 0.25) is 0 Å². The Morgan fingerprint density at radius 3 is 2.32 bits per heavy atom. The molecular weight excluding hydrogens is 410 g/mol. The van der Waals surface area contributed by atoms with E-state index in [9.17, 15) is 19.2 Å². The Hall–Kier alpha value is -3.03. The quantitative estimate of drug-likeness (QED) is 0.137. The number of aromatic amines is 1. The molecule has 4 unspecified atom stereocenters. The van der Waals surface area contributed by atoms with E-state index in [1.807, 2.05) is 0 Å². The van der Waals surface area contributed by atoms with Crippen LogP contribution in [0.3, 0.4) is 0 Å². The number of nitrogens with zero attached hydrogens (tertiary/aromatic N) is 1. The number of imidazole rings is 1. The maximum absolute atomic E-state index is 12.7. The third-order valence-electron chi connectivity index (χ3n) is 4.47. The van der Waals surface area contributed by atoms with E-state index in [2.05, 4.69) is 25.9 Å². The summed E-state index contributed by atoms with van der Waals surface area (Å²) in [5, 5.41) is 25.0. The number of carboxylic acid groups (broad SMARTS) is 1. The zero-order valence-electron chi connectivity index (χ0n) is 17.3. The van der Waals surface area contributed by atoms with Gasteiger partial charge < -0.3 is 42.6 Å². The van der Waals surface area contributed by atoms with Crippen LogP contribution in [0.5, 0.6) is 0 Å². The molecule has 4 atom stereocenters. The summed E-state index contributed by atoms with van der Waals surface area (Å²) >= 11 is 0. The van der Waals surface area contributed by atoms with Crippen LogP contribution in [-0.4, -0.2) is 81.2 Å². The number of amides is 3. The second kappa shape index (κ2) is 13.3. The fraction of sp³-hybridized carbons (Fsp3) is 0.611. The molecule has 0 fully saturated rings. The van der Waals surface area contributed by atoms with Crippen molar-refractivity contribution in [3.8, 4) is 0 Å². The van der Waals surface area contributed by atoms with Gasteiger partial charge in [0.05, 0.1) is 19.0 Å². The largest absolute Gasteiger partial charge is 0.480 e. The van der Waals surface area contributed by atoms with Gasteiger partial charge in [-0.05, 0) is 26.3 Å². The number of carboxylic acids is 1. The van der Waals surface area contributed by atoms with Gasteiger partial charge in [-0.1, -0.05) is 6.42 Å². The first-order valence-electron chi connectivity index (χ1n) is 9.87. The summed E-state index contributed by atoms with van der Waals surface area (Å²) in [7, 11) is 0. The number of aliphatic hydroxyl groups is 1. The molecule has 10 N–H and O–H groups in total. The number of nitrogens with two attached hydrogens (primary N) is 2. The maximum atomic E-state index is 12.7. The molecular formula is C18H31N7O6. The molecule has 0 aromatic carbocycles. The monoisotopic (exact) mass is 441 g/mol. The minimum Gasteiger partial charge on any atom is -0.480 e. The van der Waals surface area contributed by atoms with Crippen molar-refractivity contribution in [2.24, 2.45) is 11.5 Å². The van der Waals surface area contributed by atoms with Gasteiger partial charge in [0.25, 0.3) is 0 Å². The molecule has 0 aliphatic carbocycles. The van der Waals surface area contributed by atoms with Crippen molar-refractivity contribution in [2.75, 3.05) is 13.2 Å². The minimum absolute atomic E-state index is 0.0653. The first-order valence-corrected chi connectivity index (χ1v) is 9.87. The molecule has 1 heterocycles. The lowest BCUT2D eigenvalue weighted by molar-refractivity contribution is -0.143. The summed E-state index contributed by atoms with van der Waals surface area (Å²) in [6.45, 7) is 1.03. The normalized spacial score (nSPS) is 14.7. The van der Waals surface area contributed by atoms with Crippen molar-refractivity contribution in [1.82, 2.24) is 25.9 Å². The Bertz CT molecular complexity index is 727. The smallest absolute Gasteiger partial charge is 0.328 e. The molecule has 1 rings (SSSR count). The molecule has 0 saturated heterocycles. The summed E-state index contributed by atoms with van der Waals surface area (Å²) in [5.41, 5.74) is 11.9. The van der Waals surface area contributed by atoms with E-state index in [0.29, 0.717) is 25.1 Å². The molecule has 0 bridgehead atoms. The van der Waals surface area contributed by atoms with Crippen LogP contribution in [0, 0.1) is 0 Å². The first-order chi connectivity index (χ1) is 14.7. The van der Waals surface area contributed by atoms with E-state index in [1.54, 1.807) is 0 Å². The highest BCUT2D eigenvalue weighted by molar-refractivity contribution is 5.94. The molecule has 0 aliphatic heterocycles. The Balaban J connectivity index is 2.78.